The summed E-state index contributed by atoms with van der Waals surface area (Å²) in [5, 5.41) is 19.2. The molecular weight excluding hydrogens is 261 g/mol. The predicted molar refractivity (Wildman–Crippen MR) is 70.9 cm³/mol. The van der Waals surface area contributed by atoms with Crippen molar-refractivity contribution in [2.24, 2.45) is 0 Å². The average molecular weight is 279 g/mol. The van der Waals surface area contributed by atoms with Crippen LogP contribution in [-0.4, -0.2) is 39.2 Å². The summed E-state index contributed by atoms with van der Waals surface area (Å²) in [6.45, 7) is 0. The Morgan fingerprint density at radius 3 is 2.50 bits per heavy atom. The highest BCUT2D eigenvalue weighted by Crippen LogP contribution is 2.35. The molecule has 2 bridgehead atoms. The highest BCUT2D eigenvalue weighted by Gasteiger charge is 2.40. The van der Waals surface area contributed by atoms with E-state index in [1.165, 1.54) is 12.1 Å². The van der Waals surface area contributed by atoms with E-state index in [2.05, 4.69) is 0 Å². The highest BCUT2D eigenvalue weighted by atomic mass is 19.1. The lowest BCUT2D eigenvalue weighted by Crippen LogP contribution is -2.55. The number of hydrogen-bond donors (Lipinski definition) is 2. The molecular formula is C15H18FNO3. The Morgan fingerprint density at radius 1 is 1.25 bits per heavy atom. The van der Waals surface area contributed by atoms with Gasteiger partial charge < -0.3 is 15.1 Å². The van der Waals surface area contributed by atoms with Crippen LogP contribution in [0.2, 0.25) is 0 Å². The summed E-state index contributed by atoms with van der Waals surface area (Å²) >= 11 is 0. The zero-order chi connectivity index (χ0) is 14.3. The Bertz CT molecular complexity index is 520. The number of aliphatic hydroxyl groups is 1. The SMILES string of the molecule is O=C(c1ccc(F)c(O)c1)N1[C@@H]2CCC[C@H]1CC(O)C2. The topological polar surface area (TPSA) is 60.8 Å². The molecule has 0 spiro atoms. The lowest BCUT2D eigenvalue weighted by molar-refractivity contribution is -0.0151. The molecule has 3 atom stereocenters. The number of fused-ring (bicyclic) bond motifs is 2. The molecule has 3 rings (SSSR count). The second-order valence-electron chi connectivity index (χ2n) is 5.74. The third-order valence-electron chi connectivity index (χ3n) is 4.38. The van der Waals surface area contributed by atoms with Crippen LogP contribution >= 0.6 is 0 Å². The standard InChI is InChI=1S/C15H18FNO3/c16-13-5-4-9(6-14(13)19)15(20)17-10-2-1-3-11(17)8-12(18)7-10/h4-6,10-12,18-19H,1-3,7-8H2/t10-,11+,12?. The molecule has 0 aliphatic carbocycles. The van der Waals surface area contributed by atoms with E-state index < -0.39 is 11.6 Å². The quantitative estimate of drug-likeness (QED) is 0.827. The maximum atomic E-state index is 13.1. The zero-order valence-electron chi connectivity index (χ0n) is 11.1. The molecule has 2 heterocycles. The Kier molecular flexibility index (Phi) is 3.38. The molecule has 20 heavy (non-hydrogen) atoms. The van der Waals surface area contributed by atoms with Crippen LogP contribution in [0.4, 0.5) is 4.39 Å². The van der Waals surface area contributed by atoms with Crippen LogP contribution in [0.5, 0.6) is 5.75 Å². The Morgan fingerprint density at radius 2 is 1.90 bits per heavy atom. The predicted octanol–water partition coefficient (Wildman–Crippen LogP) is 2.05. The van der Waals surface area contributed by atoms with Crippen molar-refractivity contribution < 1.29 is 19.4 Å². The maximum absolute atomic E-state index is 13.1. The molecule has 5 heteroatoms. The molecule has 2 fully saturated rings. The van der Waals surface area contributed by atoms with Crippen LogP contribution in [0.1, 0.15) is 42.5 Å². The number of halogens is 1. The van der Waals surface area contributed by atoms with Gasteiger partial charge in [-0.2, -0.15) is 0 Å². The van der Waals surface area contributed by atoms with E-state index in [-0.39, 0.29) is 24.1 Å². The van der Waals surface area contributed by atoms with E-state index >= 15 is 0 Å². The van der Waals surface area contributed by atoms with Crippen molar-refractivity contribution in [3.8, 4) is 5.75 Å². The number of aliphatic hydroxyl groups excluding tert-OH is 1. The smallest absolute Gasteiger partial charge is 0.254 e. The van der Waals surface area contributed by atoms with E-state index in [1.54, 1.807) is 0 Å². The van der Waals surface area contributed by atoms with Gasteiger partial charge in [-0.05, 0) is 50.3 Å². The minimum absolute atomic E-state index is 0.0530. The first kappa shape index (κ1) is 13.4. The second kappa shape index (κ2) is 5.05. The van der Waals surface area contributed by atoms with Crippen LogP contribution in [0.15, 0.2) is 18.2 Å². The zero-order valence-corrected chi connectivity index (χ0v) is 11.1. The Labute approximate surface area is 116 Å². The van der Waals surface area contributed by atoms with Gasteiger partial charge in [0.05, 0.1) is 6.10 Å². The fraction of sp³-hybridized carbons (Fsp3) is 0.533. The molecule has 1 amide bonds. The van der Waals surface area contributed by atoms with Gasteiger partial charge in [0.2, 0.25) is 0 Å². The molecule has 2 aliphatic rings. The van der Waals surface area contributed by atoms with Crippen molar-refractivity contribution in [1.82, 2.24) is 4.90 Å². The average Bonchev–Trinajstić information content (AvgIpc) is 2.40. The number of hydrogen-bond acceptors (Lipinski definition) is 3. The highest BCUT2D eigenvalue weighted by molar-refractivity contribution is 5.95. The summed E-state index contributed by atoms with van der Waals surface area (Å²) < 4.78 is 13.1. The van der Waals surface area contributed by atoms with E-state index in [9.17, 15) is 19.4 Å². The van der Waals surface area contributed by atoms with Crippen molar-refractivity contribution in [3.05, 3.63) is 29.6 Å². The van der Waals surface area contributed by atoms with Crippen LogP contribution in [0.3, 0.4) is 0 Å². The molecule has 0 aromatic heterocycles. The van der Waals surface area contributed by atoms with Gasteiger partial charge in [0.25, 0.3) is 5.91 Å². The van der Waals surface area contributed by atoms with Gasteiger partial charge in [-0.3, -0.25) is 4.79 Å². The molecule has 2 aliphatic heterocycles. The number of piperidine rings is 2. The van der Waals surface area contributed by atoms with E-state index in [1.807, 2.05) is 4.90 Å². The van der Waals surface area contributed by atoms with Crippen molar-refractivity contribution in [3.63, 3.8) is 0 Å². The molecule has 0 radical (unpaired) electrons. The normalized spacial score (nSPS) is 29.3. The molecule has 2 saturated heterocycles. The van der Waals surface area contributed by atoms with Gasteiger partial charge in [-0.15, -0.1) is 0 Å². The molecule has 1 aromatic carbocycles. The number of amides is 1. The first-order valence-electron chi connectivity index (χ1n) is 7.05. The molecule has 1 aromatic rings. The number of phenols is 1. The number of benzene rings is 1. The van der Waals surface area contributed by atoms with E-state index in [0.717, 1.165) is 25.3 Å². The van der Waals surface area contributed by atoms with Gasteiger partial charge >= 0.3 is 0 Å². The number of rotatable bonds is 1. The van der Waals surface area contributed by atoms with Crippen molar-refractivity contribution in [2.75, 3.05) is 0 Å². The number of carbonyl (C=O) groups is 1. The first-order valence-corrected chi connectivity index (χ1v) is 7.05. The Balaban J connectivity index is 1.87. The summed E-state index contributed by atoms with van der Waals surface area (Å²) in [6.07, 6.45) is 3.74. The van der Waals surface area contributed by atoms with Gasteiger partial charge in [-0.25, -0.2) is 4.39 Å². The van der Waals surface area contributed by atoms with Crippen LogP contribution in [0.25, 0.3) is 0 Å². The molecule has 108 valence electrons. The summed E-state index contributed by atoms with van der Waals surface area (Å²) in [6, 6.07) is 3.79. The minimum atomic E-state index is -0.726. The number of aromatic hydroxyl groups is 1. The number of carbonyl (C=O) groups excluding carboxylic acids is 1. The third kappa shape index (κ3) is 2.26. The van der Waals surface area contributed by atoms with E-state index in [0.29, 0.717) is 18.4 Å². The van der Waals surface area contributed by atoms with Crippen LogP contribution in [0, 0.1) is 5.82 Å². The monoisotopic (exact) mass is 279 g/mol. The summed E-state index contributed by atoms with van der Waals surface area (Å²) in [5.74, 6) is -1.41. The molecule has 1 unspecified atom stereocenters. The number of phenolic OH excluding ortho intramolecular Hbond substituents is 1. The van der Waals surface area contributed by atoms with Crippen LogP contribution < -0.4 is 0 Å². The second-order valence-corrected chi connectivity index (χ2v) is 5.74. The van der Waals surface area contributed by atoms with Gasteiger partial charge in [-0.1, -0.05) is 0 Å². The molecule has 4 nitrogen and oxygen atoms in total. The van der Waals surface area contributed by atoms with Crippen molar-refractivity contribution >= 4 is 5.91 Å². The molecule has 2 N–H and O–H groups in total. The lowest BCUT2D eigenvalue weighted by Gasteiger charge is -2.47. The summed E-state index contributed by atoms with van der Waals surface area (Å²) in [5.41, 5.74) is 0.303. The van der Waals surface area contributed by atoms with Gasteiger partial charge in [0.1, 0.15) is 0 Å². The van der Waals surface area contributed by atoms with Crippen LogP contribution in [-0.2, 0) is 0 Å². The minimum Gasteiger partial charge on any atom is -0.505 e. The fourth-order valence-corrected chi connectivity index (χ4v) is 3.48. The molecule has 0 saturated carbocycles. The van der Waals surface area contributed by atoms with Gasteiger partial charge in [0, 0.05) is 17.6 Å². The van der Waals surface area contributed by atoms with Crippen molar-refractivity contribution in [2.45, 2.75) is 50.3 Å². The lowest BCUT2D eigenvalue weighted by atomic mass is 9.82. The van der Waals surface area contributed by atoms with E-state index in [4.69, 9.17) is 0 Å². The van der Waals surface area contributed by atoms with Crippen molar-refractivity contribution in [1.29, 1.82) is 0 Å². The fourth-order valence-electron chi connectivity index (χ4n) is 3.48. The third-order valence-corrected chi connectivity index (χ3v) is 4.38. The number of nitrogens with zero attached hydrogens (tertiary/aromatic N) is 1. The first-order chi connectivity index (χ1) is 9.56. The van der Waals surface area contributed by atoms with Gasteiger partial charge in [0.15, 0.2) is 11.6 Å². The summed E-state index contributed by atoms with van der Waals surface area (Å²) in [7, 11) is 0. The maximum Gasteiger partial charge on any atom is 0.254 e. The Hall–Kier alpha value is -1.62. The summed E-state index contributed by atoms with van der Waals surface area (Å²) in [4.78, 5) is 14.4. The largest absolute Gasteiger partial charge is 0.505 e.